The number of phenolic OH excluding ortho intramolecular Hbond substituents is 1. The van der Waals surface area contributed by atoms with Gasteiger partial charge in [0.2, 0.25) is 5.88 Å². The summed E-state index contributed by atoms with van der Waals surface area (Å²) in [6.45, 7) is 0. The van der Waals surface area contributed by atoms with Crippen LogP contribution in [0.15, 0.2) is 22.9 Å². The van der Waals surface area contributed by atoms with Gasteiger partial charge in [-0.2, -0.15) is 0 Å². The first-order valence-corrected chi connectivity index (χ1v) is 4.83. The van der Waals surface area contributed by atoms with E-state index in [9.17, 15) is 5.11 Å². The van der Waals surface area contributed by atoms with E-state index in [0.29, 0.717) is 22.6 Å². The van der Waals surface area contributed by atoms with Gasteiger partial charge in [0.25, 0.3) is 0 Å². The Morgan fingerprint density at radius 3 is 2.53 bits per heavy atom. The Balaban J connectivity index is 2.68. The van der Waals surface area contributed by atoms with Crippen LogP contribution in [0.5, 0.6) is 17.2 Å². The van der Waals surface area contributed by atoms with E-state index in [1.807, 2.05) is 0 Å². The van der Waals surface area contributed by atoms with Crippen molar-refractivity contribution in [2.24, 2.45) is 0 Å². The third kappa shape index (κ3) is 1.84. The number of aromatic nitrogens is 1. The van der Waals surface area contributed by atoms with Crippen molar-refractivity contribution in [1.82, 2.24) is 5.16 Å². The highest BCUT2D eigenvalue weighted by Gasteiger charge is 2.18. The normalized spacial score (nSPS) is 10.2. The number of nitrogens with two attached hydrogens (primary N) is 1. The van der Waals surface area contributed by atoms with Crippen LogP contribution in [0.1, 0.15) is 0 Å². The summed E-state index contributed by atoms with van der Waals surface area (Å²) in [6, 6.07) is 2.95. The van der Waals surface area contributed by atoms with Crippen molar-refractivity contribution in [1.29, 1.82) is 0 Å². The minimum atomic E-state index is 0.0400. The Labute approximate surface area is 97.5 Å². The number of benzene rings is 1. The van der Waals surface area contributed by atoms with E-state index in [2.05, 4.69) is 5.16 Å². The van der Waals surface area contributed by atoms with Crippen LogP contribution >= 0.6 is 0 Å². The van der Waals surface area contributed by atoms with Crippen molar-refractivity contribution < 1.29 is 19.1 Å². The molecule has 0 spiro atoms. The van der Waals surface area contributed by atoms with E-state index in [4.69, 9.17) is 19.7 Å². The topological polar surface area (TPSA) is 90.7 Å². The molecule has 3 N–H and O–H groups in total. The average Bonchev–Trinajstić information content (AvgIpc) is 2.74. The number of nitrogens with zero attached hydrogens (tertiary/aromatic N) is 1. The standard InChI is InChI=1S/C11H12N2O4/c1-15-9-4-6(14)3-7(10(9)16-2)8-5-13-17-11(8)12/h3-5,14H,12H2,1-2H3. The van der Waals surface area contributed by atoms with Gasteiger partial charge in [0.05, 0.1) is 26.0 Å². The van der Waals surface area contributed by atoms with Gasteiger partial charge in [-0.3, -0.25) is 0 Å². The second-order valence-electron chi connectivity index (χ2n) is 3.33. The molecule has 0 saturated carbocycles. The summed E-state index contributed by atoms with van der Waals surface area (Å²) in [5, 5.41) is 13.2. The fourth-order valence-electron chi connectivity index (χ4n) is 1.60. The van der Waals surface area contributed by atoms with Crippen LogP contribution in [-0.4, -0.2) is 24.5 Å². The number of nitrogen functional groups attached to an aromatic ring is 1. The summed E-state index contributed by atoms with van der Waals surface area (Å²) in [5.41, 5.74) is 6.73. The summed E-state index contributed by atoms with van der Waals surface area (Å²) in [5.74, 6) is 1.05. The molecule has 0 aliphatic rings. The maximum absolute atomic E-state index is 9.61. The lowest BCUT2D eigenvalue weighted by molar-refractivity contribution is 0.352. The zero-order chi connectivity index (χ0) is 12.4. The largest absolute Gasteiger partial charge is 0.508 e. The number of ether oxygens (including phenoxy) is 2. The Morgan fingerprint density at radius 2 is 2.00 bits per heavy atom. The van der Waals surface area contributed by atoms with Crippen LogP contribution in [0.4, 0.5) is 5.88 Å². The lowest BCUT2D eigenvalue weighted by Gasteiger charge is -2.12. The van der Waals surface area contributed by atoms with E-state index >= 15 is 0 Å². The minimum absolute atomic E-state index is 0.0400. The first-order valence-electron chi connectivity index (χ1n) is 4.83. The Kier molecular flexibility index (Phi) is 2.78. The summed E-state index contributed by atoms with van der Waals surface area (Å²) in [4.78, 5) is 0. The number of anilines is 1. The molecule has 1 aromatic carbocycles. The molecule has 0 unspecified atom stereocenters. The smallest absolute Gasteiger partial charge is 0.230 e. The number of phenols is 1. The molecule has 0 aliphatic carbocycles. The van der Waals surface area contributed by atoms with Gasteiger partial charge in [-0.1, -0.05) is 5.16 Å². The number of aromatic hydroxyl groups is 1. The second-order valence-corrected chi connectivity index (χ2v) is 3.33. The number of methoxy groups -OCH3 is 2. The molecular formula is C11H12N2O4. The summed E-state index contributed by atoms with van der Waals surface area (Å²) >= 11 is 0. The highest BCUT2D eigenvalue weighted by molar-refractivity contribution is 5.80. The molecule has 0 bridgehead atoms. The third-order valence-corrected chi connectivity index (χ3v) is 2.35. The molecule has 0 radical (unpaired) electrons. The summed E-state index contributed by atoms with van der Waals surface area (Å²) in [6.07, 6.45) is 1.45. The molecule has 6 nitrogen and oxygen atoms in total. The Morgan fingerprint density at radius 1 is 1.24 bits per heavy atom. The Hall–Kier alpha value is -2.37. The first-order chi connectivity index (χ1) is 8.17. The zero-order valence-corrected chi connectivity index (χ0v) is 9.43. The molecule has 0 atom stereocenters. The van der Waals surface area contributed by atoms with Gasteiger partial charge in [0.1, 0.15) is 5.75 Å². The van der Waals surface area contributed by atoms with Crippen LogP contribution in [0, 0.1) is 0 Å². The molecule has 2 aromatic rings. The molecular weight excluding hydrogens is 224 g/mol. The van der Waals surface area contributed by atoms with E-state index in [0.717, 1.165) is 0 Å². The van der Waals surface area contributed by atoms with Crippen molar-refractivity contribution in [2.75, 3.05) is 20.0 Å². The number of rotatable bonds is 3. The van der Waals surface area contributed by atoms with Crippen molar-refractivity contribution >= 4 is 5.88 Å². The molecule has 90 valence electrons. The average molecular weight is 236 g/mol. The van der Waals surface area contributed by atoms with Crippen LogP contribution < -0.4 is 15.2 Å². The van der Waals surface area contributed by atoms with E-state index in [1.165, 1.54) is 32.5 Å². The molecule has 0 amide bonds. The molecule has 1 aromatic heterocycles. The van der Waals surface area contributed by atoms with Crippen molar-refractivity contribution in [3.05, 3.63) is 18.3 Å². The highest BCUT2D eigenvalue weighted by Crippen LogP contribution is 2.42. The summed E-state index contributed by atoms with van der Waals surface area (Å²) < 4.78 is 15.1. The molecule has 0 aliphatic heterocycles. The lowest BCUT2D eigenvalue weighted by atomic mass is 10.1. The van der Waals surface area contributed by atoms with Gasteiger partial charge in [-0.05, 0) is 6.07 Å². The predicted octanol–water partition coefficient (Wildman–Crippen LogP) is 1.65. The van der Waals surface area contributed by atoms with Gasteiger partial charge < -0.3 is 24.8 Å². The molecule has 0 fully saturated rings. The fraction of sp³-hybridized carbons (Fsp3) is 0.182. The monoisotopic (exact) mass is 236 g/mol. The lowest BCUT2D eigenvalue weighted by Crippen LogP contribution is -1.94. The third-order valence-electron chi connectivity index (χ3n) is 2.35. The maximum atomic E-state index is 9.61. The molecule has 1 heterocycles. The highest BCUT2D eigenvalue weighted by atomic mass is 16.5. The quantitative estimate of drug-likeness (QED) is 0.841. The SMILES string of the molecule is COc1cc(O)cc(-c2cnoc2N)c1OC. The van der Waals surface area contributed by atoms with E-state index in [-0.39, 0.29) is 11.6 Å². The number of hydrogen-bond donors (Lipinski definition) is 2. The minimum Gasteiger partial charge on any atom is -0.508 e. The van der Waals surface area contributed by atoms with Gasteiger partial charge in [0, 0.05) is 11.6 Å². The summed E-state index contributed by atoms with van der Waals surface area (Å²) in [7, 11) is 2.99. The van der Waals surface area contributed by atoms with Crippen molar-refractivity contribution in [3.8, 4) is 28.4 Å². The fourth-order valence-corrected chi connectivity index (χ4v) is 1.60. The first kappa shape index (κ1) is 11.1. The molecule has 0 saturated heterocycles. The van der Waals surface area contributed by atoms with E-state index < -0.39 is 0 Å². The Bertz CT molecular complexity index is 536. The molecule has 6 heteroatoms. The van der Waals surface area contributed by atoms with Crippen LogP contribution in [0.25, 0.3) is 11.1 Å². The molecule has 2 rings (SSSR count). The second kappa shape index (κ2) is 4.25. The van der Waals surface area contributed by atoms with Gasteiger partial charge in [-0.25, -0.2) is 0 Å². The van der Waals surface area contributed by atoms with Gasteiger partial charge in [0.15, 0.2) is 11.5 Å². The van der Waals surface area contributed by atoms with Crippen LogP contribution in [-0.2, 0) is 0 Å². The van der Waals surface area contributed by atoms with Gasteiger partial charge in [-0.15, -0.1) is 0 Å². The van der Waals surface area contributed by atoms with Crippen molar-refractivity contribution in [2.45, 2.75) is 0 Å². The van der Waals surface area contributed by atoms with E-state index in [1.54, 1.807) is 0 Å². The molecule has 17 heavy (non-hydrogen) atoms. The van der Waals surface area contributed by atoms with Crippen LogP contribution in [0.2, 0.25) is 0 Å². The van der Waals surface area contributed by atoms with Crippen molar-refractivity contribution in [3.63, 3.8) is 0 Å². The maximum Gasteiger partial charge on any atom is 0.230 e. The zero-order valence-electron chi connectivity index (χ0n) is 9.43. The number of hydrogen-bond acceptors (Lipinski definition) is 6. The van der Waals surface area contributed by atoms with Crippen LogP contribution in [0.3, 0.4) is 0 Å². The van der Waals surface area contributed by atoms with Gasteiger partial charge >= 0.3 is 0 Å². The predicted molar refractivity (Wildman–Crippen MR) is 61.1 cm³/mol.